The van der Waals surface area contributed by atoms with Crippen molar-refractivity contribution in [1.82, 2.24) is 0 Å². The topological polar surface area (TPSA) is 0 Å². The normalized spacial score (nSPS) is 13.0. The van der Waals surface area contributed by atoms with Crippen molar-refractivity contribution < 1.29 is 0 Å². The summed E-state index contributed by atoms with van der Waals surface area (Å²) in [4.78, 5) is 0. The molecule has 0 saturated heterocycles. The molecule has 148 valence electrons. The standard InChI is InChI=1S/C20H48Si5/c1-21(2)13-9-17-25(18-10-14-22(3)4,19-11-15-23(5)6)20-12-16-24(7)8/h9-20H2,1-8H3. The second kappa shape index (κ2) is 15.1. The molecular formula is C20H48Si5. The molecule has 5 heteroatoms. The third-order valence-electron chi connectivity index (χ3n) is 5.54. The molecular weight excluding hydrogens is 381 g/mol. The Morgan fingerprint density at radius 1 is 0.400 bits per heavy atom. The van der Waals surface area contributed by atoms with Crippen LogP contribution < -0.4 is 0 Å². The molecule has 0 heterocycles. The first-order valence-corrected chi connectivity index (χ1v) is 24.5. The fraction of sp³-hybridized carbons (Fsp3) is 1.00. The Hall–Kier alpha value is 1.08. The van der Waals surface area contributed by atoms with E-state index in [4.69, 9.17) is 0 Å². The Bertz CT molecular complexity index is 241. The zero-order chi connectivity index (χ0) is 19.3. The molecule has 0 nitrogen and oxygen atoms in total. The fourth-order valence-corrected chi connectivity index (χ4v) is 14.2. The van der Waals surface area contributed by atoms with Crippen molar-refractivity contribution >= 4 is 43.3 Å². The molecule has 0 aliphatic heterocycles. The van der Waals surface area contributed by atoms with Crippen molar-refractivity contribution in [2.75, 3.05) is 0 Å². The maximum atomic E-state index is 2.52. The highest BCUT2D eigenvalue weighted by molar-refractivity contribution is 6.80. The van der Waals surface area contributed by atoms with Crippen LogP contribution in [0.2, 0.25) is 101 Å². The molecule has 0 aliphatic rings. The van der Waals surface area contributed by atoms with Crippen LogP contribution in [0.4, 0.5) is 0 Å². The molecule has 0 atom stereocenters. The molecule has 0 fully saturated rings. The lowest BCUT2D eigenvalue weighted by atomic mass is 10.5. The summed E-state index contributed by atoms with van der Waals surface area (Å²) in [6, 6.07) is 13.0. The van der Waals surface area contributed by atoms with E-state index in [-0.39, 0.29) is 35.2 Å². The molecule has 0 saturated carbocycles. The number of rotatable bonds is 16. The van der Waals surface area contributed by atoms with Crippen LogP contribution in [0, 0.1) is 0 Å². The van der Waals surface area contributed by atoms with Gasteiger partial charge in [0.2, 0.25) is 0 Å². The molecule has 0 aromatic carbocycles. The Morgan fingerprint density at radius 3 is 0.760 bits per heavy atom. The van der Waals surface area contributed by atoms with Crippen LogP contribution in [0.15, 0.2) is 0 Å². The molecule has 0 aromatic heterocycles. The van der Waals surface area contributed by atoms with Gasteiger partial charge in [-0.05, 0) is 0 Å². The van der Waals surface area contributed by atoms with Gasteiger partial charge in [-0.15, -0.1) is 0 Å². The molecule has 0 aromatic rings. The van der Waals surface area contributed by atoms with Crippen LogP contribution in [-0.4, -0.2) is 43.3 Å². The summed E-state index contributed by atoms with van der Waals surface area (Å²) < 4.78 is 0. The van der Waals surface area contributed by atoms with Gasteiger partial charge in [0.25, 0.3) is 0 Å². The average molecular weight is 429 g/mol. The molecule has 0 spiro atoms. The maximum Gasteiger partial charge on any atom is 0.0535 e. The molecule has 0 N–H and O–H groups in total. The molecule has 0 aliphatic carbocycles. The van der Waals surface area contributed by atoms with Gasteiger partial charge in [-0.1, -0.05) is 126 Å². The summed E-state index contributed by atoms with van der Waals surface area (Å²) in [7, 11) is -1.08. The van der Waals surface area contributed by atoms with E-state index in [9.17, 15) is 0 Å². The van der Waals surface area contributed by atoms with E-state index >= 15 is 0 Å². The van der Waals surface area contributed by atoms with Crippen LogP contribution in [0.1, 0.15) is 25.7 Å². The van der Waals surface area contributed by atoms with Crippen LogP contribution in [0.25, 0.3) is 0 Å². The minimum Gasteiger partial charge on any atom is -0.0713 e. The Morgan fingerprint density at radius 2 is 0.600 bits per heavy atom. The first-order chi connectivity index (χ1) is 11.7. The van der Waals surface area contributed by atoms with Gasteiger partial charge in [-0.25, -0.2) is 0 Å². The molecule has 0 unspecified atom stereocenters. The van der Waals surface area contributed by atoms with Gasteiger partial charge in [-0.3, -0.25) is 0 Å². The van der Waals surface area contributed by atoms with E-state index in [1.165, 1.54) is 0 Å². The van der Waals surface area contributed by atoms with Gasteiger partial charge in [-0.2, -0.15) is 0 Å². The van der Waals surface area contributed by atoms with Crippen LogP contribution in [-0.2, 0) is 0 Å². The highest BCUT2D eigenvalue weighted by atomic mass is 28.3. The summed E-state index contributed by atoms with van der Waals surface area (Å²) in [6.07, 6.45) is 6.32. The smallest absolute Gasteiger partial charge is 0.0535 e. The summed E-state index contributed by atoms with van der Waals surface area (Å²) in [5.41, 5.74) is 0. The van der Waals surface area contributed by atoms with Gasteiger partial charge >= 0.3 is 0 Å². The highest BCUT2D eigenvalue weighted by Gasteiger charge is 2.31. The third-order valence-corrected chi connectivity index (χ3v) is 16.6. The molecule has 0 bridgehead atoms. The lowest BCUT2D eigenvalue weighted by Gasteiger charge is -2.33. The summed E-state index contributed by atoms with van der Waals surface area (Å²) in [6.45, 7) is 20.1. The molecule has 0 amide bonds. The van der Waals surface area contributed by atoms with Gasteiger partial charge < -0.3 is 0 Å². The summed E-state index contributed by atoms with van der Waals surface area (Å²) >= 11 is 0. The number of hydrogen-bond donors (Lipinski definition) is 0. The van der Waals surface area contributed by atoms with E-state index in [1.54, 1.807) is 74.0 Å². The quantitative estimate of drug-likeness (QED) is 0.218. The van der Waals surface area contributed by atoms with Crippen LogP contribution in [0.5, 0.6) is 0 Å². The first-order valence-electron chi connectivity index (χ1n) is 10.8. The number of hydrogen-bond acceptors (Lipinski definition) is 0. The zero-order valence-corrected chi connectivity index (χ0v) is 24.0. The average Bonchev–Trinajstić information content (AvgIpc) is 2.45. The van der Waals surface area contributed by atoms with E-state index in [2.05, 4.69) is 52.4 Å². The van der Waals surface area contributed by atoms with Crippen molar-refractivity contribution in [1.29, 1.82) is 0 Å². The van der Waals surface area contributed by atoms with Crippen molar-refractivity contribution in [2.45, 2.75) is 126 Å². The molecule has 4 radical (unpaired) electrons. The SMILES string of the molecule is C[Si](C)CCC[Si](CCC[Si](C)C)(CCC[Si](C)C)CCC[Si](C)C. The van der Waals surface area contributed by atoms with Gasteiger partial charge in [0.1, 0.15) is 0 Å². The van der Waals surface area contributed by atoms with E-state index in [0.717, 1.165) is 0 Å². The predicted molar refractivity (Wildman–Crippen MR) is 133 cm³/mol. The first kappa shape index (κ1) is 26.1. The van der Waals surface area contributed by atoms with E-state index in [0.29, 0.717) is 0 Å². The van der Waals surface area contributed by atoms with E-state index in [1.807, 2.05) is 0 Å². The van der Waals surface area contributed by atoms with Crippen LogP contribution in [0.3, 0.4) is 0 Å². The third kappa shape index (κ3) is 15.8. The Balaban J connectivity index is 4.85. The lowest BCUT2D eigenvalue weighted by Crippen LogP contribution is -2.34. The predicted octanol–water partition coefficient (Wildman–Crippen LogP) is 8.01. The van der Waals surface area contributed by atoms with Crippen molar-refractivity contribution in [3.8, 4) is 0 Å². The van der Waals surface area contributed by atoms with Crippen molar-refractivity contribution in [2.24, 2.45) is 0 Å². The minimum absolute atomic E-state index is 0.0194. The van der Waals surface area contributed by atoms with Crippen molar-refractivity contribution in [3.05, 3.63) is 0 Å². The zero-order valence-electron chi connectivity index (χ0n) is 19.0. The van der Waals surface area contributed by atoms with Gasteiger partial charge in [0.15, 0.2) is 0 Å². The monoisotopic (exact) mass is 428 g/mol. The van der Waals surface area contributed by atoms with Gasteiger partial charge in [0.05, 0.1) is 8.07 Å². The molecule has 0 rings (SSSR count). The maximum absolute atomic E-state index is 2.52. The Labute approximate surface area is 169 Å². The Kier molecular flexibility index (Phi) is 15.7. The lowest BCUT2D eigenvalue weighted by molar-refractivity contribution is 0.870. The summed E-state index contributed by atoms with van der Waals surface area (Å²) in [5.74, 6) is 0. The minimum atomic E-state index is -0.998. The van der Waals surface area contributed by atoms with Gasteiger partial charge in [0, 0.05) is 35.2 Å². The van der Waals surface area contributed by atoms with Crippen LogP contribution >= 0.6 is 0 Å². The largest absolute Gasteiger partial charge is 0.0713 e. The molecule has 25 heavy (non-hydrogen) atoms. The second-order valence-electron chi connectivity index (χ2n) is 9.74. The van der Waals surface area contributed by atoms with E-state index < -0.39 is 8.07 Å². The highest BCUT2D eigenvalue weighted by Crippen LogP contribution is 2.35. The second-order valence-corrected chi connectivity index (χ2v) is 26.4. The fourth-order valence-electron chi connectivity index (χ4n) is 4.02. The summed E-state index contributed by atoms with van der Waals surface area (Å²) in [5, 5.41) is 0. The van der Waals surface area contributed by atoms with Crippen molar-refractivity contribution in [3.63, 3.8) is 0 Å².